The zero-order valence-corrected chi connectivity index (χ0v) is 15.1. The van der Waals surface area contributed by atoms with Gasteiger partial charge in [-0.1, -0.05) is 95.4 Å². The Bertz CT molecular complexity index is 797. The normalized spacial score (nSPS) is 11.0. The Labute approximate surface area is 150 Å². The van der Waals surface area contributed by atoms with Gasteiger partial charge in [-0.3, -0.25) is 0 Å². The van der Waals surface area contributed by atoms with Crippen LogP contribution in [0.15, 0.2) is 65.0 Å². The van der Waals surface area contributed by atoms with Crippen LogP contribution in [0.5, 0.6) is 0 Å². The van der Waals surface area contributed by atoms with Gasteiger partial charge in [0.05, 0.1) is 0 Å². The van der Waals surface area contributed by atoms with E-state index in [1.54, 1.807) is 23.1 Å². The van der Waals surface area contributed by atoms with Crippen molar-refractivity contribution in [1.82, 2.24) is 10.2 Å². The molecule has 0 bridgehead atoms. The molecule has 24 heavy (non-hydrogen) atoms. The molecular formula is C19H19N3S2. The molecule has 5 heteroatoms. The van der Waals surface area contributed by atoms with Gasteiger partial charge in [0.25, 0.3) is 0 Å². The van der Waals surface area contributed by atoms with Crippen molar-refractivity contribution in [3.63, 3.8) is 0 Å². The molecule has 3 nitrogen and oxygen atoms in total. The van der Waals surface area contributed by atoms with Crippen molar-refractivity contribution in [3.05, 3.63) is 77.4 Å². The maximum Gasteiger partial charge on any atom is 0.206 e. The molecule has 0 radical (unpaired) electrons. The number of aromatic nitrogens is 2. The Kier molecular flexibility index (Phi) is 6.04. The largest absolute Gasteiger partial charge is 0.357 e. The molecule has 1 N–H and O–H groups in total. The highest BCUT2D eigenvalue weighted by Gasteiger charge is 2.04. The molecule has 0 saturated heterocycles. The molecule has 1 aromatic heterocycles. The molecule has 0 fully saturated rings. The maximum atomic E-state index is 4.24. The minimum absolute atomic E-state index is 0.742. The third-order valence-corrected chi connectivity index (χ3v) is 5.42. The summed E-state index contributed by atoms with van der Waals surface area (Å²) in [6.07, 6.45) is 4.19. The van der Waals surface area contributed by atoms with Crippen molar-refractivity contribution in [3.8, 4) is 0 Å². The molecule has 0 aliphatic carbocycles. The molecule has 0 amide bonds. The van der Waals surface area contributed by atoms with Crippen molar-refractivity contribution >= 4 is 34.3 Å². The minimum atomic E-state index is 0.742. The first kappa shape index (κ1) is 16.7. The van der Waals surface area contributed by atoms with Gasteiger partial charge in [0, 0.05) is 12.3 Å². The number of hydrogen-bond donors (Lipinski definition) is 1. The Hall–Kier alpha value is -2.11. The van der Waals surface area contributed by atoms with E-state index in [2.05, 4.69) is 71.0 Å². The van der Waals surface area contributed by atoms with E-state index in [-0.39, 0.29) is 0 Å². The van der Waals surface area contributed by atoms with Gasteiger partial charge in [0.15, 0.2) is 4.34 Å². The third kappa shape index (κ3) is 5.22. The first-order valence-electron chi connectivity index (χ1n) is 7.77. The molecule has 1 heterocycles. The molecule has 3 rings (SSSR count). The number of anilines is 1. The van der Waals surface area contributed by atoms with Gasteiger partial charge in [-0.15, -0.1) is 10.2 Å². The van der Waals surface area contributed by atoms with Gasteiger partial charge in [-0.05, 0) is 18.1 Å². The lowest BCUT2D eigenvalue weighted by Gasteiger charge is -1.99. The van der Waals surface area contributed by atoms with Gasteiger partial charge < -0.3 is 5.32 Å². The highest BCUT2D eigenvalue weighted by molar-refractivity contribution is 8.00. The highest BCUT2D eigenvalue weighted by Crippen LogP contribution is 2.28. The van der Waals surface area contributed by atoms with Crippen LogP contribution in [0, 0.1) is 6.92 Å². The Morgan fingerprint density at radius 2 is 1.96 bits per heavy atom. The fourth-order valence-electron chi connectivity index (χ4n) is 2.19. The van der Waals surface area contributed by atoms with E-state index >= 15 is 0 Å². The molecule has 0 spiro atoms. The lowest BCUT2D eigenvalue weighted by atomic mass is 10.2. The molecule has 0 aliphatic rings. The topological polar surface area (TPSA) is 37.8 Å². The van der Waals surface area contributed by atoms with E-state index in [0.717, 1.165) is 21.8 Å². The van der Waals surface area contributed by atoms with E-state index in [1.807, 2.05) is 18.2 Å². The summed E-state index contributed by atoms with van der Waals surface area (Å²) in [6.45, 7) is 2.86. The zero-order valence-electron chi connectivity index (χ0n) is 13.5. The van der Waals surface area contributed by atoms with E-state index < -0.39 is 0 Å². The summed E-state index contributed by atoms with van der Waals surface area (Å²) < 4.78 is 0.992. The van der Waals surface area contributed by atoms with Gasteiger partial charge >= 0.3 is 0 Å². The molecule has 122 valence electrons. The zero-order chi connectivity index (χ0) is 16.6. The first-order valence-corrected chi connectivity index (χ1v) is 9.57. The predicted octanol–water partition coefficient (Wildman–Crippen LogP) is 5.26. The molecule has 2 aromatic carbocycles. The molecule has 0 aliphatic heterocycles. The van der Waals surface area contributed by atoms with Crippen LogP contribution >= 0.6 is 23.1 Å². The second-order valence-corrected chi connectivity index (χ2v) is 7.54. The van der Waals surface area contributed by atoms with E-state index in [0.29, 0.717) is 0 Å². The van der Waals surface area contributed by atoms with Crippen LogP contribution in [0.25, 0.3) is 6.08 Å². The number of nitrogens with zero attached hydrogens (tertiary/aromatic N) is 2. The second-order valence-electron chi connectivity index (χ2n) is 5.34. The maximum absolute atomic E-state index is 4.24. The van der Waals surface area contributed by atoms with Crippen molar-refractivity contribution in [2.24, 2.45) is 0 Å². The Morgan fingerprint density at radius 1 is 1.08 bits per heavy atom. The van der Waals surface area contributed by atoms with Crippen molar-refractivity contribution in [2.75, 3.05) is 11.9 Å². The van der Waals surface area contributed by atoms with Gasteiger partial charge in [0.2, 0.25) is 5.13 Å². The summed E-state index contributed by atoms with van der Waals surface area (Å²) in [5.41, 5.74) is 3.80. The lowest BCUT2D eigenvalue weighted by Crippen LogP contribution is -1.96. The number of nitrogens with one attached hydrogen (secondary N) is 1. The van der Waals surface area contributed by atoms with Gasteiger partial charge in [-0.25, -0.2) is 0 Å². The first-order chi connectivity index (χ1) is 11.8. The number of rotatable bonds is 7. The van der Waals surface area contributed by atoms with Crippen LogP contribution in [0.1, 0.15) is 16.7 Å². The SMILES string of the molecule is Cc1cccc(CSc2nnc(NC/C=C/c3ccccc3)s2)c1. The summed E-state index contributed by atoms with van der Waals surface area (Å²) in [5, 5.41) is 12.6. The van der Waals surface area contributed by atoms with Crippen molar-refractivity contribution in [1.29, 1.82) is 0 Å². The molecule has 0 saturated carbocycles. The Balaban J connectivity index is 1.46. The summed E-state index contributed by atoms with van der Waals surface area (Å²) in [5.74, 6) is 0.921. The van der Waals surface area contributed by atoms with E-state index in [4.69, 9.17) is 0 Å². The van der Waals surface area contributed by atoms with Crippen LogP contribution in [0.4, 0.5) is 5.13 Å². The average Bonchev–Trinajstić information content (AvgIpc) is 3.06. The molecular weight excluding hydrogens is 334 g/mol. The van der Waals surface area contributed by atoms with Crippen LogP contribution in [-0.2, 0) is 5.75 Å². The number of thioether (sulfide) groups is 1. The summed E-state index contributed by atoms with van der Waals surface area (Å²) in [4.78, 5) is 0. The Morgan fingerprint density at radius 3 is 2.79 bits per heavy atom. The number of aryl methyl sites for hydroxylation is 1. The summed E-state index contributed by atoms with van der Waals surface area (Å²) in [6, 6.07) is 18.8. The summed E-state index contributed by atoms with van der Waals surface area (Å²) in [7, 11) is 0. The summed E-state index contributed by atoms with van der Waals surface area (Å²) >= 11 is 3.32. The lowest BCUT2D eigenvalue weighted by molar-refractivity contribution is 1.01. The third-order valence-electron chi connectivity index (χ3n) is 3.33. The quantitative estimate of drug-likeness (QED) is 0.588. The van der Waals surface area contributed by atoms with Crippen LogP contribution < -0.4 is 5.32 Å². The predicted molar refractivity (Wildman–Crippen MR) is 105 cm³/mol. The van der Waals surface area contributed by atoms with Crippen LogP contribution in [0.2, 0.25) is 0 Å². The smallest absolute Gasteiger partial charge is 0.206 e. The van der Waals surface area contributed by atoms with Gasteiger partial charge in [-0.2, -0.15) is 0 Å². The fourth-order valence-corrected chi connectivity index (χ4v) is 3.89. The van der Waals surface area contributed by atoms with E-state index in [1.165, 1.54) is 16.7 Å². The number of hydrogen-bond acceptors (Lipinski definition) is 5. The fraction of sp³-hybridized carbons (Fsp3) is 0.158. The van der Waals surface area contributed by atoms with Crippen LogP contribution in [-0.4, -0.2) is 16.7 Å². The molecule has 3 aromatic rings. The van der Waals surface area contributed by atoms with Crippen molar-refractivity contribution in [2.45, 2.75) is 17.0 Å². The highest BCUT2D eigenvalue weighted by atomic mass is 32.2. The minimum Gasteiger partial charge on any atom is -0.357 e. The second kappa shape index (κ2) is 8.66. The molecule has 0 atom stereocenters. The van der Waals surface area contributed by atoms with Crippen molar-refractivity contribution < 1.29 is 0 Å². The number of benzene rings is 2. The average molecular weight is 354 g/mol. The van der Waals surface area contributed by atoms with Gasteiger partial charge in [0.1, 0.15) is 0 Å². The van der Waals surface area contributed by atoms with E-state index in [9.17, 15) is 0 Å². The van der Waals surface area contributed by atoms with Crippen LogP contribution in [0.3, 0.4) is 0 Å². The monoisotopic (exact) mass is 353 g/mol. The standard InChI is InChI=1S/C19H19N3S2/c1-15-7-5-10-17(13-15)14-23-19-22-21-18(24-19)20-12-6-11-16-8-3-2-4-9-16/h2-11,13H,12,14H2,1H3,(H,20,21)/b11-6+. The molecule has 0 unspecified atom stereocenters.